The van der Waals surface area contributed by atoms with Crippen molar-refractivity contribution in [1.82, 2.24) is 5.32 Å². The monoisotopic (exact) mass is 333 g/mol. The Morgan fingerprint density at radius 3 is 2.36 bits per heavy atom. The lowest BCUT2D eigenvalue weighted by Crippen LogP contribution is -2.32. The Morgan fingerprint density at radius 2 is 1.68 bits per heavy atom. The molecule has 2 aromatic rings. The number of guanidine groups is 1. The van der Waals surface area contributed by atoms with E-state index >= 15 is 0 Å². The molecule has 1 aliphatic rings. The maximum atomic E-state index is 12.9. The molecule has 0 radical (unpaired) electrons. The standard InChI is InChI=1S/C21H23N3O/c1-2-3-10-15-22-21-23-19(16-17-11-6-4-7-12-17)20(25)24(21)18-13-8-5-9-14-18/h4-9,11-14,16H,2-3,10,15H2,1H3,(H,22,23). The number of anilines is 1. The van der Waals surface area contributed by atoms with Gasteiger partial charge in [-0.25, -0.2) is 4.90 Å². The van der Waals surface area contributed by atoms with Gasteiger partial charge in [-0.1, -0.05) is 68.3 Å². The first-order chi connectivity index (χ1) is 12.3. The highest BCUT2D eigenvalue weighted by Gasteiger charge is 2.32. The number of carbonyl (C=O) groups excluding carboxylic acids is 1. The smallest absolute Gasteiger partial charge is 0.281 e. The van der Waals surface area contributed by atoms with Crippen molar-refractivity contribution in [3.8, 4) is 0 Å². The average Bonchev–Trinajstić information content (AvgIpc) is 2.96. The molecule has 0 spiro atoms. The summed E-state index contributed by atoms with van der Waals surface area (Å²) in [7, 11) is 0. The Labute approximate surface area is 148 Å². The molecule has 3 rings (SSSR count). The molecule has 0 unspecified atom stereocenters. The molecule has 0 atom stereocenters. The van der Waals surface area contributed by atoms with Crippen LogP contribution in [-0.2, 0) is 4.79 Å². The van der Waals surface area contributed by atoms with Crippen molar-refractivity contribution in [2.45, 2.75) is 26.2 Å². The molecule has 0 saturated carbocycles. The van der Waals surface area contributed by atoms with Gasteiger partial charge in [-0.3, -0.25) is 9.79 Å². The van der Waals surface area contributed by atoms with Gasteiger partial charge in [-0.15, -0.1) is 0 Å². The van der Waals surface area contributed by atoms with E-state index in [0.29, 0.717) is 18.2 Å². The van der Waals surface area contributed by atoms with E-state index in [4.69, 9.17) is 0 Å². The van der Waals surface area contributed by atoms with E-state index in [1.54, 1.807) is 4.90 Å². The van der Waals surface area contributed by atoms with E-state index in [1.807, 2.05) is 66.7 Å². The summed E-state index contributed by atoms with van der Waals surface area (Å²) < 4.78 is 0. The number of para-hydroxylation sites is 1. The third-order valence-corrected chi connectivity index (χ3v) is 4.04. The SMILES string of the molecule is CCCCCN=C1NC(=Cc2ccccc2)C(=O)N1c1ccccc1. The molecule has 0 bridgehead atoms. The number of aliphatic imine (C=N–C) groups is 1. The number of carbonyl (C=O) groups is 1. The van der Waals surface area contributed by atoms with Crippen LogP contribution in [0.2, 0.25) is 0 Å². The fourth-order valence-corrected chi connectivity index (χ4v) is 2.73. The van der Waals surface area contributed by atoms with Gasteiger partial charge in [0.2, 0.25) is 5.96 Å². The molecule has 0 aliphatic carbocycles. The van der Waals surface area contributed by atoms with Crippen molar-refractivity contribution < 1.29 is 4.79 Å². The molecular weight excluding hydrogens is 310 g/mol. The molecule has 1 heterocycles. The van der Waals surface area contributed by atoms with Crippen LogP contribution in [0.5, 0.6) is 0 Å². The van der Waals surface area contributed by atoms with Crippen LogP contribution in [0, 0.1) is 0 Å². The summed E-state index contributed by atoms with van der Waals surface area (Å²) in [5.41, 5.74) is 2.36. The maximum Gasteiger partial charge on any atom is 0.281 e. The molecule has 25 heavy (non-hydrogen) atoms. The van der Waals surface area contributed by atoms with Gasteiger partial charge in [0.15, 0.2) is 0 Å². The van der Waals surface area contributed by atoms with Crippen LogP contribution in [0.25, 0.3) is 6.08 Å². The van der Waals surface area contributed by atoms with E-state index < -0.39 is 0 Å². The summed E-state index contributed by atoms with van der Waals surface area (Å²) in [4.78, 5) is 19.2. The Morgan fingerprint density at radius 1 is 1.00 bits per heavy atom. The summed E-state index contributed by atoms with van der Waals surface area (Å²) in [5, 5.41) is 3.20. The predicted molar refractivity (Wildman–Crippen MR) is 103 cm³/mol. The number of amides is 1. The summed E-state index contributed by atoms with van der Waals surface area (Å²) >= 11 is 0. The molecule has 1 N–H and O–H groups in total. The van der Waals surface area contributed by atoms with Crippen LogP contribution in [0.3, 0.4) is 0 Å². The minimum absolute atomic E-state index is 0.0794. The zero-order valence-corrected chi connectivity index (χ0v) is 14.5. The van der Waals surface area contributed by atoms with Crippen LogP contribution < -0.4 is 10.2 Å². The fraction of sp³-hybridized carbons (Fsp3) is 0.238. The first-order valence-electron chi connectivity index (χ1n) is 8.77. The quantitative estimate of drug-likeness (QED) is 0.636. The van der Waals surface area contributed by atoms with Crippen molar-refractivity contribution in [2.24, 2.45) is 4.99 Å². The number of unbranched alkanes of at least 4 members (excludes halogenated alkanes) is 2. The second-order valence-corrected chi connectivity index (χ2v) is 5.98. The van der Waals surface area contributed by atoms with E-state index in [9.17, 15) is 4.79 Å². The highest BCUT2D eigenvalue weighted by molar-refractivity contribution is 6.29. The molecule has 1 saturated heterocycles. The molecule has 2 aromatic carbocycles. The first-order valence-corrected chi connectivity index (χ1v) is 8.77. The molecule has 4 heteroatoms. The van der Waals surface area contributed by atoms with Crippen LogP contribution in [-0.4, -0.2) is 18.4 Å². The number of rotatable bonds is 6. The summed E-state index contributed by atoms with van der Waals surface area (Å²) in [5.74, 6) is 0.527. The fourth-order valence-electron chi connectivity index (χ4n) is 2.73. The van der Waals surface area contributed by atoms with Crippen molar-refractivity contribution in [3.63, 3.8) is 0 Å². The molecule has 128 valence electrons. The van der Waals surface area contributed by atoms with Gasteiger partial charge in [-0.05, 0) is 30.2 Å². The Hall–Kier alpha value is -2.88. The van der Waals surface area contributed by atoms with Gasteiger partial charge in [0.1, 0.15) is 5.70 Å². The lowest BCUT2D eigenvalue weighted by molar-refractivity contribution is -0.113. The van der Waals surface area contributed by atoms with E-state index in [1.165, 1.54) is 0 Å². The van der Waals surface area contributed by atoms with Gasteiger partial charge in [0, 0.05) is 6.54 Å². The van der Waals surface area contributed by atoms with Crippen LogP contribution >= 0.6 is 0 Å². The van der Waals surface area contributed by atoms with Crippen molar-refractivity contribution in [2.75, 3.05) is 11.4 Å². The Balaban J connectivity index is 1.89. The minimum Gasteiger partial charge on any atom is -0.321 e. The molecule has 1 aliphatic heterocycles. The average molecular weight is 333 g/mol. The van der Waals surface area contributed by atoms with Crippen molar-refractivity contribution in [3.05, 3.63) is 71.9 Å². The number of hydrogen-bond acceptors (Lipinski definition) is 2. The molecule has 0 aromatic heterocycles. The lowest BCUT2D eigenvalue weighted by atomic mass is 10.2. The number of nitrogens with zero attached hydrogens (tertiary/aromatic N) is 2. The third-order valence-electron chi connectivity index (χ3n) is 4.04. The summed E-state index contributed by atoms with van der Waals surface area (Å²) in [6.07, 6.45) is 5.19. The second kappa shape index (κ2) is 8.29. The number of hydrogen-bond donors (Lipinski definition) is 1. The van der Waals surface area contributed by atoms with E-state index in [-0.39, 0.29) is 5.91 Å². The maximum absolute atomic E-state index is 12.9. The van der Waals surface area contributed by atoms with Crippen molar-refractivity contribution in [1.29, 1.82) is 0 Å². The van der Waals surface area contributed by atoms with Crippen LogP contribution in [0.1, 0.15) is 31.7 Å². The zero-order chi connectivity index (χ0) is 17.5. The largest absolute Gasteiger partial charge is 0.321 e. The van der Waals surface area contributed by atoms with Gasteiger partial charge in [0.25, 0.3) is 5.91 Å². The van der Waals surface area contributed by atoms with Gasteiger partial charge in [-0.2, -0.15) is 0 Å². The van der Waals surface area contributed by atoms with Crippen LogP contribution in [0.4, 0.5) is 5.69 Å². The summed E-state index contributed by atoms with van der Waals surface area (Å²) in [6, 6.07) is 19.5. The zero-order valence-electron chi connectivity index (χ0n) is 14.5. The van der Waals surface area contributed by atoms with Gasteiger partial charge in [0.05, 0.1) is 5.69 Å². The van der Waals surface area contributed by atoms with E-state index in [2.05, 4.69) is 17.2 Å². The van der Waals surface area contributed by atoms with Crippen LogP contribution in [0.15, 0.2) is 71.4 Å². The second-order valence-electron chi connectivity index (χ2n) is 5.98. The molecule has 4 nitrogen and oxygen atoms in total. The molecule has 1 fully saturated rings. The summed E-state index contributed by atoms with van der Waals surface area (Å²) in [6.45, 7) is 2.88. The highest BCUT2D eigenvalue weighted by atomic mass is 16.2. The van der Waals surface area contributed by atoms with Crippen molar-refractivity contribution >= 4 is 23.6 Å². The molecule has 1 amide bonds. The van der Waals surface area contributed by atoms with Gasteiger partial charge < -0.3 is 5.32 Å². The number of nitrogens with one attached hydrogen (secondary N) is 1. The number of benzene rings is 2. The Bertz CT molecular complexity index is 766. The Kier molecular flexibility index (Phi) is 5.62. The minimum atomic E-state index is -0.0794. The third kappa shape index (κ3) is 4.15. The lowest BCUT2D eigenvalue weighted by Gasteiger charge is -2.15. The normalized spacial score (nSPS) is 17.3. The predicted octanol–water partition coefficient (Wildman–Crippen LogP) is 4.21. The molecular formula is C21H23N3O. The first kappa shape index (κ1) is 17.0. The highest BCUT2D eigenvalue weighted by Crippen LogP contribution is 2.22. The van der Waals surface area contributed by atoms with E-state index in [0.717, 1.165) is 30.5 Å². The van der Waals surface area contributed by atoms with Gasteiger partial charge >= 0.3 is 0 Å². The topological polar surface area (TPSA) is 44.7 Å².